The number of hydrogen-bond donors (Lipinski definition) is 2. The van der Waals surface area contributed by atoms with Gasteiger partial charge in [-0.25, -0.2) is 0 Å². The van der Waals surface area contributed by atoms with Gasteiger partial charge in [-0.15, -0.1) is 0 Å². The van der Waals surface area contributed by atoms with Crippen molar-refractivity contribution in [2.24, 2.45) is 5.92 Å². The molecule has 0 saturated heterocycles. The average molecular weight is 197 g/mol. The van der Waals surface area contributed by atoms with Crippen LogP contribution in [0.25, 0.3) is 0 Å². The maximum absolute atomic E-state index is 10.4. The molecule has 4 nitrogen and oxygen atoms in total. The van der Waals surface area contributed by atoms with Crippen molar-refractivity contribution in [3.63, 3.8) is 0 Å². The maximum atomic E-state index is 10.4. The van der Waals surface area contributed by atoms with Crippen LogP contribution in [0.15, 0.2) is 30.3 Å². The van der Waals surface area contributed by atoms with Gasteiger partial charge < -0.3 is 16.0 Å². The van der Waals surface area contributed by atoms with E-state index in [9.17, 15) is 4.79 Å². The van der Waals surface area contributed by atoms with Crippen molar-refractivity contribution in [3.05, 3.63) is 30.3 Å². The minimum absolute atomic E-state index is 0. The second kappa shape index (κ2) is 5.99. The van der Waals surface area contributed by atoms with Crippen molar-refractivity contribution in [2.75, 3.05) is 6.61 Å². The summed E-state index contributed by atoms with van der Waals surface area (Å²) in [5, 5.41) is 8.58. The number of hydrogen-bond acceptors (Lipinski definition) is 3. The first-order chi connectivity index (χ1) is 6.20. The van der Waals surface area contributed by atoms with E-state index in [1.165, 1.54) is 0 Å². The minimum atomic E-state index is -0.837. The molecule has 0 aliphatic rings. The van der Waals surface area contributed by atoms with E-state index in [1.807, 2.05) is 18.2 Å². The highest BCUT2D eigenvalue weighted by Crippen LogP contribution is 2.09. The minimum Gasteiger partial charge on any atom is -0.493 e. The topological polar surface area (TPSA) is 81.5 Å². The van der Waals surface area contributed by atoms with Crippen LogP contribution >= 0.6 is 0 Å². The molecule has 0 aromatic heterocycles. The lowest BCUT2D eigenvalue weighted by Gasteiger charge is -2.08. The summed E-state index contributed by atoms with van der Waals surface area (Å²) in [6.45, 7) is 1.82. The van der Waals surface area contributed by atoms with Crippen LogP contribution in [0.3, 0.4) is 0 Å². The van der Waals surface area contributed by atoms with Crippen LogP contribution < -0.4 is 10.9 Å². The molecule has 0 spiro atoms. The van der Waals surface area contributed by atoms with Crippen LogP contribution in [-0.4, -0.2) is 17.7 Å². The van der Waals surface area contributed by atoms with Gasteiger partial charge in [-0.3, -0.25) is 4.79 Å². The first kappa shape index (κ1) is 12.4. The lowest BCUT2D eigenvalue weighted by atomic mass is 10.2. The molecule has 4 N–H and O–H groups in total. The number of ether oxygens (including phenoxy) is 1. The van der Waals surface area contributed by atoms with Crippen molar-refractivity contribution in [1.82, 2.24) is 6.15 Å². The molecule has 1 rings (SSSR count). The summed E-state index contributed by atoms with van der Waals surface area (Å²) in [6, 6.07) is 9.18. The third kappa shape index (κ3) is 3.91. The third-order valence-electron chi connectivity index (χ3n) is 1.66. The number of carboxylic acid groups (broad SMARTS) is 1. The Morgan fingerprint density at radius 3 is 2.50 bits per heavy atom. The van der Waals surface area contributed by atoms with E-state index in [2.05, 4.69) is 0 Å². The van der Waals surface area contributed by atoms with Gasteiger partial charge in [-0.2, -0.15) is 0 Å². The highest BCUT2D eigenvalue weighted by Gasteiger charge is 2.10. The van der Waals surface area contributed by atoms with Gasteiger partial charge in [0, 0.05) is 0 Å². The molecule has 1 atom stereocenters. The van der Waals surface area contributed by atoms with Crippen LogP contribution in [0.4, 0.5) is 0 Å². The van der Waals surface area contributed by atoms with Gasteiger partial charge in [0.15, 0.2) is 0 Å². The fourth-order valence-corrected chi connectivity index (χ4v) is 0.809. The van der Waals surface area contributed by atoms with Crippen molar-refractivity contribution in [1.29, 1.82) is 0 Å². The molecule has 1 aromatic carbocycles. The predicted molar refractivity (Wildman–Crippen MR) is 53.8 cm³/mol. The second-order valence-corrected chi connectivity index (χ2v) is 2.86. The number of carbonyl (C=O) groups is 1. The van der Waals surface area contributed by atoms with Crippen molar-refractivity contribution < 1.29 is 14.6 Å². The van der Waals surface area contributed by atoms with Gasteiger partial charge in [-0.1, -0.05) is 18.2 Å². The van der Waals surface area contributed by atoms with Crippen molar-refractivity contribution in [3.8, 4) is 5.75 Å². The fraction of sp³-hybridized carbons (Fsp3) is 0.300. The van der Waals surface area contributed by atoms with Crippen LogP contribution in [0.5, 0.6) is 5.75 Å². The van der Waals surface area contributed by atoms with Crippen LogP contribution in [-0.2, 0) is 4.79 Å². The second-order valence-electron chi connectivity index (χ2n) is 2.86. The monoisotopic (exact) mass is 197 g/mol. The largest absolute Gasteiger partial charge is 0.493 e. The Labute approximate surface area is 83.1 Å². The van der Waals surface area contributed by atoms with Crippen molar-refractivity contribution in [2.45, 2.75) is 6.92 Å². The zero-order valence-corrected chi connectivity index (χ0v) is 8.14. The smallest absolute Gasteiger partial charge is 0.309 e. The molecule has 0 fully saturated rings. The molecule has 0 saturated carbocycles. The number of rotatable bonds is 4. The van der Waals surface area contributed by atoms with Gasteiger partial charge in [0.25, 0.3) is 0 Å². The highest BCUT2D eigenvalue weighted by atomic mass is 16.5. The van der Waals surface area contributed by atoms with Crippen LogP contribution in [0.1, 0.15) is 6.92 Å². The average Bonchev–Trinajstić information content (AvgIpc) is 2.15. The first-order valence-electron chi connectivity index (χ1n) is 4.11. The summed E-state index contributed by atoms with van der Waals surface area (Å²) in [5.74, 6) is -0.605. The van der Waals surface area contributed by atoms with Gasteiger partial charge in [0.2, 0.25) is 0 Å². The molecule has 1 aromatic rings. The molecule has 0 aliphatic carbocycles. The standard InChI is InChI=1S/C10H12O3.H3N/c1-8(10(11)12)7-13-9-5-3-2-4-6-9;/h2-6,8H,7H2,1H3,(H,11,12);1H3. The SMILES string of the molecule is CC(COc1ccccc1)C(=O)O.N. The molecule has 4 heteroatoms. The van der Waals surface area contributed by atoms with E-state index < -0.39 is 11.9 Å². The lowest BCUT2D eigenvalue weighted by molar-refractivity contribution is -0.142. The molecule has 14 heavy (non-hydrogen) atoms. The Hall–Kier alpha value is -1.55. The zero-order valence-electron chi connectivity index (χ0n) is 8.14. The van der Waals surface area contributed by atoms with Gasteiger partial charge in [0.05, 0.1) is 5.92 Å². The van der Waals surface area contributed by atoms with Gasteiger partial charge in [-0.05, 0) is 19.1 Å². The van der Waals surface area contributed by atoms with E-state index in [0.29, 0.717) is 5.75 Å². The Bertz CT molecular complexity index is 274. The zero-order chi connectivity index (χ0) is 9.68. The lowest BCUT2D eigenvalue weighted by Crippen LogP contribution is -2.17. The molecule has 0 aliphatic heterocycles. The normalized spacial score (nSPS) is 11.2. The van der Waals surface area contributed by atoms with Gasteiger partial charge >= 0.3 is 5.97 Å². The van der Waals surface area contributed by atoms with E-state index in [4.69, 9.17) is 9.84 Å². The summed E-state index contributed by atoms with van der Waals surface area (Å²) in [5.41, 5.74) is 0. The Morgan fingerprint density at radius 2 is 2.00 bits per heavy atom. The first-order valence-corrected chi connectivity index (χ1v) is 4.11. The number of carboxylic acids is 1. The van der Waals surface area contributed by atoms with Crippen LogP contribution in [0, 0.1) is 5.92 Å². The summed E-state index contributed by atoms with van der Waals surface area (Å²) >= 11 is 0. The molecule has 0 bridgehead atoms. The fourth-order valence-electron chi connectivity index (χ4n) is 0.809. The van der Waals surface area contributed by atoms with Crippen molar-refractivity contribution >= 4 is 5.97 Å². The summed E-state index contributed by atoms with van der Waals surface area (Å²) in [6.07, 6.45) is 0. The maximum Gasteiger partial charge on any atom is 0.309 e. The number of para-hydroxylation sites is 1. The number of aliphatic carboxylic acids is 1. The van der Waals surface area contributed by atoms with E-state index in [-0.39, 0.29) is 12.8 Å². The molecule has 1 unspecified atom stereocenters. The van der Waals surface area contributed by atoms with E-state index in [1.54, 1.807) is 19.1 Å². The predicted octanol–water partition coefficient (Wildman–Crippen LogP) is 1.95. The van der Waals surface area contributed by atoms with Crippen LogP contribution in [0.2, 0.25) is 0 Å². The molecular weight excluding hydrogens is 182 g/mol. The molecule has 0 heterocycles. The van der Waals surface area contributed by atoms with E-state index in [0.717, 1.165) is 0 Å². The molecule has 0 radical (unpaired) electrons. The summed E-state index contributed by atoms with van der Waals surface area (Å²) in [7, 11) is 0. The van der Waals surface area contributed by atoms with E-state index >= 15 is 0 Å². The molecule has 78 valence electrons. The Morgan fingerprint density at radius 1 is 1.43 bits per heavy atom. The Balaban J connectivity index is 0.00000169. The number of benzene rings is 1. The Kier molecular flexibility index (Phi) is 5.33. The van der Waals surface area contributed by atoms with Gasteiger partial charge in [0.1, 0.15) is 12.4 Å². The quantitative estimate of drug-likeness (QED) is 0.772. The highest BCUT2D eigenvalue weighted by molar-refractivity contribution is 5.69. The summed E-state index contributed by atoms with van der Waals surface area (Å²) < 4.78 is 5.25. The molecule has 0 amide bonds. The summed E-state index contributed by atoms with van der Waals surface area (Å²) in [4.78, 5) is 10.4. The molecular formula is C10H15NO3. The third-order valence-corrected chi connectivity index (χ3v) is 1.66.